The van der Waals surface area contributed by atoms with Crippen molar-refractivity contribution in [3.63, 3.8) is 0 Å². The van der Waals surface area contributed by atoms with E-state index in [1.54, 1.807) is 11.8 Å². The Balaban J connectivity index is 1.71. The zero-order chi connectivity index (χ0) is 13.9. The van der Waals surface area contributed by atoms with Gasteiger partial charge >= 0.3 is 0 Å². The van der Waals surface area contributed by atoms with Gasteiger partial charge in [-0.2, -0.15) is 0 Å². The van der Waals surface area contributed by atoms with Crippen molar-refractivity contribution in [3.05, 3.63) is 65.4 Å². The minimum absolute atomic E-state index is 0.528. The van der Waals surface area contributed by atoms with Gasteiger partial charge in [-0.15, -0.1) is 11.8 Å². The van der Waals surface area contributed by atoms with Gasteiger partial charge in [-0.05, 0) is 30.3 Å². The summed E-state index contributed by atoms with van der Waals surface area (Å²) in [6, 6.07) is 17.2. The number of furan rings is 1. The summed E-state index contributed by atoms with van der Waals surface area (Å²) in [5.41, 5.74) is 0.800. The van der Waals surface area contributed by atoms with E-state index >= 15 is 0 Å². The smallest absolute Gasteiger partial charge is 0.134 e. The third-order valence-corrected chi connectivity index (χ3v) is 4.28. The molecule has 0 aliphatic rings. The van der Waals surface area contributed by atoms with E-state index < -0.39 is 6.10 Å². The second kappa shape index (κ2) is 5.92. The van der Waals surface area contributed by atoms with Crippen LogP contribution in [0.15, 0.2) is 63.9 Å². The molecule has 0 saturated carbocycles. The molecule has 0 amide bonds. The summed E-state index contributed by atoms with van der Waals surface area (Å²) in [6.45, 7) is 0. The van der Waals surface area contributed by atoms with Gasteiger partial charge in [0.05, 0.1) is 0 Å². The van der Waals surface area contributed by atoms with Gasteiger partial charge in [0.2, 0.25) is 0 Å². The number of para-hydroxylation sites is 1. The first-order valence-corrected chi connectivity index (χ1v) is 7.63. The van der Waals surface area contributed by atoms with E-state index in [1.807, 2.05) is 54.6 Å². The minimum atomic E-state index is -0.633. The van der Waals surface area contributed by atoms with Crippen molar-refractivity contribution in [1.29, 1.82) is 0 Å². The summed E-state index contributed by atoms with van der Waals surface area (Å²) >= 11 is 7.49. The van der Waals surface area contributed by atoms with Crippen LogP contribution in [0, 0.1) is 0 Å². The highest BCUT2D eigenvalue weighted by Crippen LogP contribution is 2.29. The second-order valence-corrected chi connectivity index (χ2v) is 6.00. The zero-order valence-electron chi connectivity index (χ0n) is 10.6. The quantitative estimate of drug-likeness (QED) is 0.695. The number of rotatable bonds is 4. The van der Waals surface area contributed by atoms with Crippen LogP contribution in [0.4, 0.5) is 0 Å². The number of fused-ring (bicyclic) bond motifs is 1. The van der Waals surface area contributed by atoms with Gasteiger partial charge in [-0.25, -0.2) is 0 Å². The lowest BCUT2D eigenvalue weighted by Gasteiger charge is -2.07. The van der Waals surface area contributed by atoms with Gasteiger partial charge in [0, 0.05) is 21.1 Å². The maximum Gasteiger partial charge on any atom is 0.134 e. The number of aliphatic hydroxyl groups is 1. The predicted molar refractivity (Wildman–Crippen MR) is 83.3 cm³/mol. The second-order valence-electron chi connectivity index (χ2n) is 4.47. The van der Waals surface area contributed by atoms with Crippen molar-refractivity contribution in [2.24, 2.45) is 0 Å². The van der Waals surface area contributed by atoms with Crippen LogP contribution in [0.2, 0.25) is 5.02 Å². The van der Waals surface area contributed by atoms with E-state index in [9.17, 15) is 5.11 Å². The molecule has 1 N–H and O–H groups in total. The summed E-state index contributed by atoms with van der Waals surface area (Å²) in [4.78, 5) is 1.03. The minimum Gasteiger partial charge on any atom is -0.458 e. The van der Waals surface area contributed by atoms with Gasteiger partial charge in [-0.1, -0.05) is 35.9 Å². The zero-order valence-corrected chi connectivity index (χ0v) is 12.2. The van der Waals surface area contributed by atoms with Crippen LogP contribution in [-0.2, 0) is 0 Å². The summed E-state index contributed by atoms with van der Waals surface area (Å²) in [7, 11) is 0. The Morgan fingerprint density at radius 2 is 1.95 bits per heavy atom. The molecule has 0 radical (unpaired) electrons. The first-order valence-electron chi connectivity index (χ1n) is 6.27. The van der Waals surface area contributed by atoms with E-state index in [0.29, 0.717) is 16.5 Å². The van der Waals surface area contributed by atoms with E-state index in [2.05, 4.69) is 0 Å². The molecule has 102 valence electrons. The molecule has 0 fully saturated rings. The fraction of sp³-hybridized carbons (Fsp3) is 0.125. The van der Waals surface area contributed by atoms with Crippen molar-refractivity contribution >= 4 is 34.3 Å². The molecule has 20 heavy (non-hydrogen) atoms. The molecule has 0 aliphatic heterocycles. The Labute approximate surface area is 126 Å². The first-order chi connectivity index (χ1) is 9.72. The molecule has 0 aliphatic carbocycles. The van der Waals surface area contributed by atoms with Crippen LogP contribution in [0.3, 0.4) is 0 Å². The number of halogens is 1. The topological polar surface area (TPSA) is 33.4 Å². The predicted octanol–water partition coefficient (Wildman–Crippen LogP) is 4.91. The van der Waals surface area contributed by atoms with Gasteiger partial charge < -0.3 is 9.52 Å². The largest absolute Gasteiger partial charge is 0.458 e. The molecule has 2 nitrogen and oxygen atoms in total. The number of aliphatic hydroxyl groups excluding tert-OH is 1. The normalized spacial score (nSPS) is 12.7. The van der Waals surface area contributed by atoms with Crippen LogP contribution >= 0.6 is 23.4 Å². The standard InChI is InChI=1S/C16H13ClO2S/c17-12-5-3-6-13(9-12)20-10-14(18)16-8-11-4-1-2-7-15(11)19-16/h1-9,14,18H,10H2. The van der Waals surface area contributed by atoms with Crippen LogP contribution < -0.4 is 0 Å². The molecular weight excluding hydrogens is 292 g/mol. The fourth-order valence-corrected chi connectivity index (χ4v) is 3.14. The Bertz CT molecular complexity index is 690. The molecule has 0 spiro atoms. The van der Waals surface area contributed by atoms with Crippen LogP contribution in [0.25, 0.3) is 11.0 Å². The Morgan fingerprint density at radius 3 is 2.75 bits per heavy atom. The van der Waals surface area contributed by atoms with Crippen molar-refractivity contribution in [3.8, 4) is 0 Å². The average molecular weight is 305 g/mol. The van der Waals surface area contributed by atoms with Crippen molar-refractivity contribution in [1.82, 2.24) is 0 Å². The number of thioether (sulfide) groups is 1. The van der Waals surface area contributed by atoms with Gasteiger partial charge in [0.15, 0.2) is 0 Å². The lowest BCUT2D eigenvalue weighted by Crippen LogP contribution is -1.98. The summed E-state index contributed by atoms with van der Waals surface area (Å²) in [5.74, 6) is 1.13. The summed E-state index contributed by atoms with van der Waals surface area (Å²) in [6.07, 6.45) is -0.633. The van der Waals surface area contributed by atoms with Crippen molar-refractivity contribution in [2.45, 2.75) is 11.0 Å². The van der Waals surface area contributed by atoms with Crippen LogP contribution in [-0.4, -0.2) is 10.9 Å². The SMILES string of the molecule is OC(CSc1cccc(Cl)c1)c1cc2ccccc2o1. The molecule has 3 aromatic rings. The third-order valence-electron chi connectivity index (χ3n) is 2.98. The molecule has 0 saturated heterocycles. The van der Waals surface area contributed by atoms with Gasteiger partial charge in [0.25, 0.3) is 0 Å². The van der Waals surface area contributed by atoms with E-state index in [1.165, 1.54) is 0 Å². The molecule has 0 bridgehead atoms. The lowest BCUT2D eigenvalue weighted by molar-refractivity contribution is 0.177. The molecule has 1 atom stereocenters. The van der Waals surface area contributed by atoms with E-state index in [4.69, 9.17) is 16.0 Å². The lowest BCUT2D eigenvalue weighted by atomic mass is 10.2. The van der Waals surface area contributed by atoms with Crippen LogP contribution in [0.1, 0.15) is 11.9 Å². The summed E-state index contributed by atoms with van der Waals surface area (Å²) in [5, 5.41) is 11.9. The van der Waals surface area contributed by atoms with Crippen molar-refractivity contribution < 1.29 is 9.52 Å². The Hall–Kier alpha value is -1.42. The number of hydrogen-bond acceptors (Lipinski definition) is 3. The molecule has 4 heteroatoms. The van der Waals surface area contributed by atoms with Crippen molar-refractivity contribution in [2.75, 3.05) is 5.75 Å². The maximum atomic E-state index is 10.2. The van der Waals surface area contributed by atoms with Crippen LogP contribution in [0.5, 0.6) is 0 Å². The molecule has 3 rings (SSSR count). The van der Waals surface area contributed by atoms with E-state index in [0.717, 1.165) is 15.9 Å². The first kappa shape index (κ1) is 13.6. The highest BCUT2D eigenvalue weighted by atomic mass is 35.5. The third kappa shape index (κ3) is 3.01. The van der Waals surface area contributed by atoms with Gasteiger partial charge in [0.1, 0.15) is 17.4 Å². The molecule has 1 aromatic heterocycles. The highest BCUT2D eigenvalue weighted by Gasteiger charge is 2.13. The highest BCUT2D eigenvalue weighted by molar-refractivity contribution is 7.99. The average Bonchev–Trinajstić information content (AvgIpc) is 2.89. The summed E-state index contributed by atoms with van der Waals surface area (Å²) < 4.78 is 5.65. The molecule has 1 heterocycles. The molecule has 1 unspecified atom stereocenters. The Kier molecular flexibility index (Phi) is 4.01. The molecular formula is C16H13ClO2S. The Morgan fingerprint density at radius 1 is 1.10 bits per heavy atom. The number of benzene rings is 2. The number of hydrogen-bond donors (Lipinski definition) is 1. The maximum absolute atomic E-state index is 10.2. The molecule has 2 aromatic carbocycles. The fourth-order valence-electron chi connectivity index (χ4n) is 1.98. The van der Waals surface area contributed by atoms with Gasteiger partial charge in [-0.3, -0.25) is 0 Å². The monoisotopic (exact) mass is 304 g/mol. The van der Waals surface area contributed by atoms with E-state index in [-0.39, 0.29) is 0 Å².